The van der Waals surface area contributed by atoms with Gasteiger partial charge < -0.3 is 16.5 Å². The number of rotatable bonds is 4. The molecule has 0 spiro atoms. The van der Waals surface area contributed by atoms with E-state index in [1.807, 2.05) is 18.2 Å². The number of fused-ring (bicyclic) bond motifs is 1. The zero-order valence-corrected chi connectivity index (χ0v) is 15.5. The van der Waals surface area contributed by atoms with Crippen molar-refractivity contribution in [1.29, 1.82) is 0 Å². The van der Waals surface area contributed by atoms with Gasteiger partial charge in [-0.05, 0) is 49.8 Å². The van der Waals surface area contributed by atoms with E-state index in [2.05, 4.69) is 23.0 Å². The molecule has 1 aromatic carbocycles. The van der Waals surface area contributed by atoms with Crippen LogP contribution in [-0.2, 0) is 6.42 Å². The number of aromatic amines is 1. The predicted molar refractivity (Wildman–Crippen MR) is 106 cm³/mol. The number of nitrogens with one attached hydrogen (secondary N) is 1. The fourth-order valence-electron chi connectivity index (χ4n) is 4.08. The summed E-state index contributed by atoms with van der Waals surface area (Å²) in [7, 11) is 0. The van der Waals surface area contributed by atoms with Crippen molar-refractivity contribution in [3.8, 4) is 11.4 Å². The summed E-state index contributed by atoms with van der Waals surface area (Å²) in [4.78, 5) is 24.4. The molecule has 0 unspecified atom stereocenters. The van der Waals surface area contributed by atoms with Gasteiger partial charge in [0.1, 0.15) is 5.69 Å². The number of nitrogens with zero attached hydrogens (tertiary/aromatic N) is 2. The van der Waals surface area contributed by atoms with E-state index >= 15 is 0 Å². The van der Waals surface area contributed by atoms with Gasteiger partial charge in [0.25, 0.3) is 5.91 Å². The van der Waals surface area contributed by atoms with Gasteiger partial charge in [-0.1, -0.05) is 25.0 Å². The van der Waals surface area contributed by atoms with Crippen LogP contribution >= 0.6 is 0 Å². The largest absolute Gasteiger partial charge is 0.364 e. The highest BCUT2D eigenvalue weighted by atomic mass is 16.1. The molecule has 4 rings (SSSR count). The summed E-state index contributed by atoms with van der Waals surface area (Å²) in [6.07, 6.45) is 7.02. The fourth-order valence-corrected chi connectivity index (χ4v) is 4.08. The maximum absolute atomic E-state index is 11.9. The minimum atomic E-state index is -0.575. The Morgan fingerprint density at radius 3 is 2.85 bits per heavy atom. The van der Waals surface area contributed by atoms with Crippen LogP contribution in [0.4, 0.5) is 0 Å². The minimum Gasteiger partial charge on any atom is -0.364 e. The van der Waals surface area contributed by atoms with Gasteiger partial charge in [0.05, 0.1) is 11.4 Å². The molecule has 2 heterocycles. The van der Waals surface area contributed by atoms with Crippen molar-refractivity contribution >= 4 is 16.8 Å². The smallest absolute Gasteiger partial charge is 0.269 e. The van der Waals surface area contributed by atoms with Crippen molar-refractivity contribution in [3.63, 3.8) is 0 Å². The number of carbonyl (C=O) groups is 1. The van der Waals surface area contributed by atoms with Gasteiger partial charge in [-0.2, -0.15) is 0 Å². The number of H-pyrrole nitrogens is 1. The Bertz CT molecular complexity index is 993. The van der Waals surface area contributed by atoms with Crippen molar-refractivity contribution in [2.24, 2.45) is 17.4 Å². The molecule has 1 fully saturated rings. The Kier molecular flexibility index (Phi) is 4.66. The van der Waals surface area contributed by atoms with E-state index in [4.69, 9.17) is 16.5 Å². The molecule has 3 aromatic rings. The molecule has 0 radical (unpaired) electrons. The first-order chi connectivity index (χ1) is 13.0. The van der Waals surface area contributed by atoms with E-state index in [1.165, 1.54) is 12.8 Å². The SMILES string of the molecule is Cc1cccc2[nH]c(-c3nc(C[C@@H]4CCCC[C@@H]4N)cnc3C(N)=O)cc12. The topological polar surface area (TPSA) is 111 Å². The molecule has 6 nitrogen and oxygen atoms in total. The average Bonchev–Trinajstić information content (AvgIpc) is 3.09. The Balaban J connectivity index is 1.75. The van der Waals surface area contributed by atoms with Crippen molar-refractivity contribution in [1.82, 2.24) is 15.0 Å². The quantitative estimate of drug-likeness (QED) is 0.661. The molecule has 0 bridgehead atoms. The van der Waals surface area contributed by atoms with Gasteiger partial charge in [0.15, 0.2) is 5.69 Å². The van der Waals surface area contributed by atoms with Crippen molar-refractivity contribution in [3.05, 3.63) is 47.4 Å². The summed E-state index contributed by atoms with van der Waals surface area (Å²) in [5, 5.41) is 1.10. The lowest BCUT2D eigenvalue weighted by molar-refractivity contribution is 0.0996. The van der Waals surface area contributed by atoms with Crippen LogP contribution in [0.3, 0.4) is 0 Å². The molecule has 140 valence electrons. The van der Waals surface area contributed by atoms with Gasteiger partial charge in [-0.25, -0.2) is 9.97 Å². The Labute approximate surface area is 158 Å². The summed E-state index contributed by atoms with van der Waals surface area (Å²) >= 11 is 0. The van der Waals surface area contributed by atoms with Crippen molar-refractivity contribution in [2.45, 2.75) is 45.1 Å². The van der Waals surface area contributed by atoms with Crippen LogP contribution in [0.25, 0.3) is 22.3 Å². The van der Waals surface area contributed by atoms with Crippen LogP contribution < -0.4 is 11.5 Å². The average molecular weight is 363 g/mol. The molecule has 2 atom stereocenters. The van der Waals surface area contributed by atoms with Gasteiger partial charge in [-0.3, -0.25) is 4.79 Å². The lowest BCUT2D eigenvalue weighted by Crippen LogP contribution is -2.34. The van der Waals surface area contributed by atoms with Crippen molar-refractivity contribution in [2.75, 3.05) is 0 Å². The minimum absolute atomic E-state index is 0.191. The first kappa shape index (κ1) is 17.7. The molecular weight excluding hydrogens is 338 g/mol. The van der Waals surface area contributed by atoms with Crippen LogP contribution in [-0.4, -0.2) is 26.9 Å². The number of aryl methyl sites for hydroxylation is 1. The molecule has 27 heavy (non-hydrogen) atoms. The first-order valence-corrected chi connectivity index (χ1v) is 9.53. The Morgan fingerprint density at radius 1 is 1.30 bits per heavy atom. The summed E-state index contributed by atoms with van der Waals surface area (Å²) < 4.78 is 0. The molecule has 0 aliphatic heterocycles. The molecule has 1 aliphatic carbocycles. The molecule has 1 aliphatic rings. The van der Waals surface area contributed by atoms with E-state index < -0.39 is 5.91 Å². The number of amides is 1. The highest BCUT2D eigenvalue weighted by molar-refractivity contribution is 5.98. The van der Waals surface area contributed by atoms with E-state index in [0.29, 0.717) is 11.6 Å². The number of hydrogen-bond acceptors (Lipinski definition) is 4. The second kappa shape index (κ2) is 7.12. The summed E-state index contributed by atoms with van der Waals surface area (Å²) in [5.41, 5.74) is 16.3. The predicted octanol–water partition coefficient (Wildman–Crippen LogP) is 3.09. The molecule has 1 amide bonds. The van der Waals surface area contributed by atoms with Gasteiger partial charge in [0.2, 0.25) is 0 Å². The van der Waals surface area contributed by atoms with Crippen molar-refractivity contribution < 1.29 is 4.79 Å². The monoisotopic (exact) mass is 363 g/mol. The number of primary amides is 1. The lowest BCUT2D eigenvalue weighted by atomic mass is 9.82. The van der Waals surface area contributed by atoms with Crippen LogP contribution in [0.2, 0.25) is 0 Å². The first-order valence-electron chi connectivity index (χ1n) is 9.53. The highest BCUT2D eigenvalue weighted by Gasteiger charge is 2.24. The van der Waals surface area contributed by atoms with E-state index in [0.717, 1.165) is 47.1 Å². The zero-order valence-electron chi connectivity index (χ0n) is 15.5. The number of hydrogen-bond donors (Lipinski definition) is 3. The van der Waals surface area contributed by atoms with E-state index in [1.54, 1.807) is 6.20 Å². The van der Waals surface area contributed by atoms with E-state index in [-0.39, 0.29) is 11.7 Å². The standard InChI is InChI=1S/C21H25N5O/c1-12-5-4-8-17-15(12)10-18(26-17)19-20(21(23)27)24-11-14(25-19)9-13-6-2-3-7-16(13)22/h4-5,8,10-11,13,16,26H,2-3,6-7,9,22H2,1H3,(H2,23,27)/t13-,16-/m0/s1. The third-order valence-corrected chi connectivity index (χ3v) is 5.63. The number of aromatic nitrogens is 3. The van der Waals surface area contributed by atoms with Gasteiger partial charge in [-0.15, -0.1) is 0 Å². The van der Waals surface area contributed by atoms with Crippen LogP contribution in [0.1, 0.15) is 47.4 Å². The van der Waals surface area contributed by atoms with E-state index in [9.17, 15) is 4.79 Å². The second-order valence-corrected chi connectivity index (χ2v) is 7.55. The number of carbonyl (C=O) groups excluding carboxylic acids is 1. The summed E-state index contributed by atoms with van der Waals surface area (Å²) in [5.74, 6) is -0.168. The molecule has 1 saturated carbocycles. The number of benzene rings is 1. The Hall–Kier alpha value is -2.73. The van der Waals surface area contributed by atoms with Crippen LogP contribution in [0, 0.1) is 12.8 Å². The van der Waals surface area contributed by atoms with Crippen LogP contribution in [0.5, 0.6) is 0 Å². The molecular formula is C21H25N5O. The summed E-state index contributed by atoms with van der Waals surface area (Å²) in [6.45, 7) is 2.06. The molecule has 5 N–H and O–H groups in total. The van der Waals surface area contributed by atoms with Gasteiger partial charge in [0, 0.05) is 23.1 Å². The normalized spacial score (nSPS) is 20.1. The lowest BCUT2D eigenvalue weighted by Gasteiger charge is -2.28. The Morgan fingerprint density at radius 2 is 2.11 bits per heavy atom. The zero-order chi connectivity index (χ0) is 19.0. The highest BCUT2D eigenvalue weighted by Crippen LogP contribution is 2.29. The number of nitrogens with two attached hydrogens (primary N) is 2. The summed E-state index contributed by atoms with van der Waals surface area (Å²) in [6, 6.07) is 8.28. The van der Waals surface area contributed by atoms with Gasteiger partial charge >= 0.3 is 0 Å². The third kappa shape index (κ3) is 3.45. The molecule has 6 heteroatoms. The van der Waals surface area contributed by atoms with Crippen LogP contribution in [0.15, 0.2) is 30.5 Å². The maximum Gasteiger partial charge on any atom is 0.269 e. The maximum atomic E-state index is 11.9. The molecule has 0 saturated heterocycles. The third-order valence-electron chi connectivity index (χ3n) is 5.63. The fraction of sp³-hybridized carbons (Fsp3) is 0.381. The second-order valence-electron chi connectivity index (χ2n) is 7.55. The molecule has 2 aromatic heterocycles.